The molecule has 1 N–H and O–H groups in total. The minimum Gasteiger partial charge on any atom is -0.444 e. The lowest BCUT2D eigenvalue weighted by Gasteiger charge is -2.37. The van der Waals surface area contributed by atoms with Gasteiger partial charge in [-0.25, -0.2) is 14.6 Å². The van der Waals surface area contributed by atoms with Gasteiger partial charge >= 0.3 is 18.4 Å². The molecule has 0 aliphatic carbocycles. The average Bonchev–Trinajstić information content (AvgIpc) is 3.20. The Morgan fingerprint density at radius 2 is 1.92 bits per heavy atom. The van der Waals surface area contributed by atoms with Crippen molar-refractivity contribution in [3.05, 3.63) is 42.1 Å². The van der Waals surface area contributed by atoms with Gasteiger partial charge in [0.25, 0.3) is 0 Å². The van der Waals surface area contributed by atoms with E-state index in [4.69, 9.17) is 9.84 Å². The third kappa shape index (κ3) is 4.74. The molecule has 0 radical (unpaired) electrons. The van der Waals surface area contributed by atoms with Crippen LogP contribution in [0.15, 0.2) is 36.5 Å². The van der Waals surface area contributed by atoms with Crippen molar-refractivity contribution in [2.45, 2.75) is 58.0 Å². The molecular formula is C26H28F3N5O4. The normalized spacial score (nSPS) is 22.0. The number of piperidine rings is 1. The van der Waals surface area contributed by atoms with Crippen LogP contribution in [0.4, 0.5) is 28.6 Å². The number of halogens is 3. The Bertz CT molecular complexity index is 1400. The summed E-state index contributed by atoms with van der Waals surface area (Å²) in [6.45, 7) is 8.36. The van der Waals surface area contributed by atoms with E-state index in [1.165, 1.54) is 12.3 Å². The molecule has 2 aliphatic rings. The number of pyridine rings is 1. The minimum absolute atomic E-state index is 0.00988. The number of cyclic esters (lactones) is 1. The molecule has 3 atom stereocenters. The second kappa shape index (κ2) is 9.17. The van der Waals surface area contributed by atoms with Crippen molar-refractivity contribution in [3.63, 3.8) is 0 Å². The topological polar surface area (TPSA) is 98.6 Å². The van der Waals surface area contributed by atoms with Gasteiger partial charge in [0.2, 0.25) is 6.10 Å². The lowest BCUT2D eigenvalue weighted by molar-refractivity contribution is -0.206. The summed E-state index contributed by atoms with van der Waals surface area (Å²) in [5, 5.41) is 7.75. The molecule has 2 aliphatic heterocycles. The van der Waals surface area contributed by atoms with E-state index in [9.17, 15) is 22.8 Å². The highest BCUT2D eigenvalue weighted by molar-refractivity contribution is 5.97. The first-order chi connectivity index (χ1) is 17.8. The third-order valence-electron chi connectivity index (χ3n) is 6.69. The highest BCUT2D eigenvalue weighted by Crippen LogP contribution is 2.46. The van der Waals surface area contributed by atoms with E-state index in [1.807, 2.05) is 44.5 Å². The summed E-state index contributed by atoms with van der Waals surface area (Å²) < 4.78 is 53.9. The van der Waals surface area contributed by atoms with Crippen LogP contribution in [-0.2, 0) is 9.47 Å². The number of alkyl halides is 3. The Morgan fingerprint density at radius 3 is 2.61 bits per heavy atom. The van der Waals surface area contributed by atoms with E-state index >= 15 is 0 Å². The van der Waals surface area contributed by atoms with Crippen LogP contribution in [0.3, 0.4) is 0 Å². The quantitative estimate of drug-likeness (QED) is 0.430. The summed E-state index contributed by atoms with van der Waals surface area (Å²) in [5.74, 6) is -0.219. The number of carbonyl (C=O) groups is 2. The van der Waals surface area contributed by atoms with E-state index in [-0.39, 0.29) is 35.0 Å². The van der Waals surface area contributed by atoms with Gasteiger partial charge in [-0.1, -0.05) is 25.1 Å². The molecule has 0 saturated carbocycles. The Hall–Kier alpha value is -3.83. The van der Waals surface area contributed by atoms with E-state index in [0.717, 1.165) is 5.52 Å². The number of carbonyl (C=O) groups excluding carboxylic acids is 2. The zero-order valence-corrected chi connectivity index (χ0v) is 21.4. The lowest BCUT2D eigenvalue weighted by atomic mass is 9.94. The molecule has 9 nitrogen and oxygen atoms in total. The number of aromatic nitrogens is 3. The van der Waals surface area contributed by atoms with E-state index in [1.54, 1.807) is 17.0 Å². The van der Waals surface area contributed by atoms with Crippen molar-refractivity contribution in [1.82, 2.24) is 19.7 Å². The number of para-hydroxylation sites is 1. The van der Waals surface area contributed by atoms with Gasteiger partial charge in [0.15, 0.2) is 0 Å². The highest BCUT2D eigenvalue weighted by atomic mass is 19.4. The number of likely N-dealkylation sites (tertiary alicyclic amines) is 1. The average molecular weight is 532 g/mol. The number of nitrogens with zero attached hydrogens (tertiary/aromatic N) is 4. The molecule has 38 heavy (non-hydrogen) atoms. The molecule has 0 unspecified atom stereocenters. The van der Waals surface area contributed by atoms with Gasteiger partial charge in [0.1, 0.15) is 17.1 Å². The van der Waals surface area contributed by atoms with Crippen molar-refractivity contribution >= 4 is 28.9 Å². The zero-order chi connectivity index (χ0) is 27.4. The van der Waals surface area contributed by atoms with Crippen LogP contribution >= 0.6 is 0 Å². The number of nitrogens with one attached hydrogen (secondary N) is 1. The molecule has 1 aromatic carbocycles. The second-order valence-corrected chi connectivity index (χ2v) is 10.6. The van der Waals surface area contributed by atoms with Gasteiger partial charge in [-0.3, -0.25) is 10.00 Å². The third-order valence-corrected chi connectivity index (χ3v) is 6.69. The van der Waals surface area contributed by atoms with Gasteiger partial charge in [-0.15, -0.1) is 0 Å². The summed E-state index contributed by atoms with van der Waals surface area (Å²) in [4.78, 5) is 30.1. The summed E-state index contributed by atoms with van der Waals surface area (Å²) >= 11 is 0. The minimum atomic E-state index is -4.84. The Labute approximate surface area is 216 Å². The van der Waals surface area contributed by atoms with Crippen molar-refractivity contribution in [2.75, 3.05) is 18.4 Å². The van der Waals surface area contributed by atoms with Crippen LogP contribution in [0.5, 0.6) is 0 Å². The molecule has 2 aromatic heterocycles. The SMILES string of the molecule is C[C@H]1CN(C(=O)OC(C)(C)C)CC[C@@H]1n1nc(-c2ccnc3c2[C@H](C(F)(F)F)OC(=O)N3)c2ccccc21. The lowest BCUT2D eigenvalue weighted by Crippen LogP contribution is -2.45. The van der Waals surface area contributed by atoms with Crippen molar-refractivity contribution in [2.24, 2.45) is 5.92 Å². The largest absolute Gasteiger partial charge is 0.444 e. The van der Waals surface area contributed by atoms with Crippen molar-refractivity contribution < 1.29 is 32.2 Å². The Morgan fingerprint density at radius 1 is 1.18 bits per heavy atom. The maximum atomic E-state index is 14.0. The zero-order valence-electron chi connectivity index (χ0n) is 21.4. The number of benzene rings is 1. The number of hydrogen-bond donors (Lipinski definition) is 1. The van der Waals surface area contributed by atoms with Gasteiger partial charge in [0.05, 0.1) is 17.1 Å². The molecule has 4 heterocycles. The van der Waals surface area contributed by atoms with Crippen LogP contribution < -0.4 is 5.32 Å². The van der Waals surface area contributed by atoms with E-state index in [2.05, 4.69) is 15.0 Å². The van der Waals surface area contributed by atoms with E-state index in [0.29, 0.717) is 30.6 Å². The highest BCUT2D eigenvalue weighted by Gasteiger charge is 2.49. The predicted octanol–water partition coefficient (Wildman–Crippen LogP) is 6.08. The Kier molecular flexibility index (Phi) is 6.23. The molecule has 0 spiro atoms. The monoisotopic (exact) mass is 531 g/mol. The van der Waals surface area contributed by atoms with Crippen LogP contribution in [0.25, 0.3) is 22.2 Å². The van der Waals surface area contributed by atoms with Gasteiger partial charge in [0, 0.05) is 30.2 Å². The molecule has 5 rings (SSSR count). The molecule has 3 aromatic rings. The maximum Gasteiger partial charge on any atom is 0.430 e. The maximum absolute atomic E-state index is 14.0. The first-order valence-corrected chi connectivity index (χ1v) is 12.3. The fourth-order valence-corrected chi connectivity index (χ4v) is 5.10. The van der Waals surface area contributed by atoms with Gasteiger partial charge in [-0.2, -0.15) is 18.3 Å². The molecular weight excluding hydrogens is 503 g/mol. The summed E-state index contributed by atoms with van der Waals surface area (Å²) in [5.41, 5.74) is 0.356. The fraction of sp³-hybridized carbons (Fsp3) is 0.462. The van der Waals surface area contributed by atoms with Gasteiger partial charge < -0.3 is 14.4 Å². The second-order valence-electron chi connectivity index (χ2n) is 10.6. The summed E-state index contributed by atoms with van der Waals surface area (Å²) in [6.07, 6.45) is -6.99. The molecule has 0 bridgehead atoms. The summed E-state index contributed by atoms with van der Waals surface area (Å²) in [7, 11) is 0. The van der Waals surface area contributed by atoms with Crippen LogP contribution in [0.1, 0.15) is 51.8 Å². The molecule has 2 amide bonds. The van der Waals surface area contributed by atoms with Crippen LogP contribution in [0, 0.1) is 5.92 Å². The first-order valence-electron chi connectivity index (χ1n) is 12.3. The standard InChI is InChI=1S/C26H28F3N5O4/c1-14-13-33(24(36)38-25(2,3)4)12-10-17(14)34-18-8-6-5-7-15(18)20(32-34)16-9-11-30-22-19(16)21(26(27,28)29)37-23(35)31-22/h5-9,11,14,17,21H,10,12-13H2,1-4H3,(H,30,31,35)/t14-,17-,21+/m0/s1. The molecule has 1 fully saturated rings. The molecule has 12 heteroatoms. The molecule has 202 valence electrons. The Balaban J connectivity index is 1.55. The summed E-state index contributed by atoms with van der Waals surface area (Å²) in [6, 6.07) is 8.64. The van der Waals surface area contributed by atoms with Crippen molar-refractivity contribution in [1.29, 1.82) is 0 Å². The number of anilines is 1. The number of amides is 2. The smallest absolute Gasteiger partial charge is 0.430 e. The number of hydrogen-bond acceptors (Lipinski definition) is 6. The first kappa shape index (κ1) is 25.8. The molecule has 1 saturated heterocycles. The number of fused-ring (bicyclic) bond motifs is 2. The van der Waals surface area contributed by atoms with Gasteiger partial charge in [-0.05, 0) is 45.2 Å². The van der Waals surface area contributed by atoms with E-state index < -0.39 is 24.0 Å². The van der Waals surface area contributed by atoms with Crippen molar-refractivity contribution in [3.8, 4) is 11.3 Å². The number of ether oxygens (including phenoxy) is 2. The number of rotatable bonds is 2. The van der Waals surface area contributed by atoms with Crippen LogP contribution in [0.2, 0.25) is 0 Å². The fourth-order valence-electron chi connectivity index (χ4n) is 5.10. The van der Waals surface area contributed by atoms with Crippen LogP contribution in [-0.4, -0.2) is 56.7 Å². The predicted molar refractivity (Wildman–Crippen MR) is 132 cm³/mol.